The number of benzene rings is 2. The molecule has 29 heavy (non-hydrogen) atoms. The summed E-state index contributed by atoms with van der Waals surface area (Å²) >= 11 is 0. The molecule has 5 heteroatoms. The van der Waals surface area contributed by atoms with E-state index in [1.54, 1.807) is 35.0 Å². The zero-order valence-electron chi connectivity index (χ0n) is 15.4. The summed E-state index contributed by atoms with van der Waals surface area (Å²) in [7, 11) is 0. The maximum absolute atomic E-state index is 14.7. The Morgan fingerprint density at radius 3 is 2.79 bits per heavy atom. The smallest absolute Gasteiger partial charge is 0.173 e. The Morgan fingerprint density at radius 1 is 0.966 bits per heavy atom. The second-order valence-electron chi connectivity index (χ2n) is 6.92. The summed E-state index contributed by atoms with van der Waals surface area (Å²) in [5.74, 6) is -0.390. The molecule has 0 aliphatic rings. The molecule has 2 aromatic carbocycles. The van der Waals surface area contributed by atoms with E-state index in [0.717, 1.165) is 27.7 Å². The summed E-state index contributed by atoms with van der Waals surface area (Å²) < 4.78 is 16.5. The number of fused-ring (bicyclic) bond motifs is 2. The predicted octanol–water partition coefficient (Wildman–Crippen LogP) is 5.15. The first-order valence-corrected chi connectivity index (χ1v) is 9.21. The second-order valence-corrected chi connectivity index (χ2v) is 6.92. The largest absolute Gasteiger partial charge is 0.301 e. The standard InChI is InChI=1S/C24H15FN4/c25-22-12-20(18-4-1-3-17(10-18)13-26)15-29-21(14-28-24(22)29)11-16-6-7-23-19(9-16)5-2-8-27-23/h1-10,12,14-15H,11H2. The minimum atomic E-state index is -0.390. The number of rotatable bonds is 3. The lowest BCUT2D eigenvalue weighted by Crippen LogP contribution is -1.98. The number of pyridine rings is 2. The fourth-order valence-electron chi connectivity index (χ4n) is 3.60. The van der Waals surface area contributed by atoms with Crippen molar-refractivity contribution in [3.05, 3.63) is 102 Å². The quantitative estimate of drug-likeness (QED) is 0.436. The van der Waals surface area contributed by atoms with Gasteiger partial charge in [0.15, 0.2) is 11.5 Å². The Bertz CT molecular complexity index is 1410. The van der Waals surface area contributed by atoms with Crippen LogP contribution in [0.1, 0.15) is 16.8 Å². The lowest BCUT2D eigenvalue weighted by molar-refractivity contribution is 0.630. The van der Waals surface area contributed by atoms with Gasteiger partial charge in [0.05, 0.1) is 17.1 Å². The Labute approximate surface area is 166 Å². The third-order valence-corrected chi connectivity index (χ3v) is 5.02. The van der Waals surface area contributed by atoms with E-state index in [1.165, 1.54) is 6.07 Å². The van der Waals surface area contributed by atoms with Crippen LogP contribution in [0.3, 0.4) is 0 Å². The van der Waals surface area contributed by atoms with Crippen molar-refractivity contribution in [3.8, 4) is 17.2 Å². The van der Waals surface area contributed by atoms with Crippen molar-refractivity contribution in [3.63, 3.8) is 0 Å². The van der Waals surface area contributed by atoms with E-state index in [9.17, 15) is 4.39 Å². The first-order chi connectivity index (χ1) is 14.2. The van der Waals surface area contributed by atoms with Crippen molar-refractivity contribution in [2.45, 2.75) is 6.42 Å². The van der Waals surface area contributed by atoms with E-state index in [0.29, 0.717) is 23.2 Å². The second kappa shape index (κ2) is 6.84. The maximum Gasteiger partial charge on any atom is 0.173 e. The molecule has 4 nitrogen and oxygen atoms in total. The van der Waals surface area contributed by atoms with Crippen molar-refractivity contribution in [1.29, 1.82) is 5.26 Å². The molecule has 0 unspecified atom stereocenters. The fraction of sp³-hybridized carbons (Fsp3) is 0.0417. The molecule has 0 fully saturated rings. The van der Waals surface area contributed by atoms with Crippen molar-refractivity contribution in [1.82, 2.24) is 14.4 Å². The van der Waals surface area contributed by atoms with Gasteiger partial charge >= 0.3 is 0 Å². The lowest BCUT2D eigenvalue weighted by Gasteiger charge is -2.08. The molecule has 0 bridgehead atoms. The SMILES string of the molecule is N#Cc1cccc(-c2cc(F)c3ncc(Cc4ccc5ncccc5c4)n3c2)c1. The molecule has 0 amide bonds. The molecule has 0 N–H and O–H groups in total. The van der Waals surface area contributed by atoms with Gasteiger partial charge in [0.1, 0.15) is 0 Å². The predicted molar refractivity (Wildman–Crippen MR) is 110 cm³/mol. The van der Waals surface area contributed by atoms with Crippen LogP contribution in [0.5, 0.6) is 0 Å². The molecule has 5 aromatic rings. The van der Waals surface area contributed by atoms with E-state index >= 15 is 0 Å². The van der Waals surface area contributed by atoms with Crippen molar-refractivity contribution < 1.29 is 4.39 Å². The number of hydrogen-bond acceptors (Lipinski definition) is 3. The Hall–Kier alpha value is -4.04. The van der Waals surface area contributed by atoms with Gasteiger partial charge in [-0.1, -0.05) is 24.3 Å². The van der Waals surface area contributed by atoms with Crippen LogP contribution in [-0.4, -0.2) is 14.4 Å². The van der Waals surface area contributed by atoms with Crippen LogP contribution in [0.2, 0.25) is 0 Å². The van der Waals surface area contributed by atoms with Gasteiger partial charge in [0.25, 0.3) is 0 Å². The highest BCUT2D eigenvalue weighted by molar-refractivity contribution is 5.79. The van der Waals surface area contributed by atoms with Gasteiger partial charge in [-0.25, -0.2) is 9.37 Å². The highest BCUT2D eigenvalue weighted by Gasteiger charge is 2.12. The Balaban J connectivity index is 1.59. The van der Waals surface area contributed by atoms with Gasteiger partial charge in [-0.3, -0.25) is 4.98 Å². The highest BCUT2D eigenvalue weighted by atomic mass is 19.1. The summed E-state index contributed by atoms with van der Waals surface area (Å²) in [6.45, 7) is 0. The minimum Gasteiger partial charge on any atom is -0.301 e. The van der Waals surface area contributed by atoms with Crippen LogP contribution in [0, 0.1) is 17.1 Å². The molecule has 0 radical (unpaired) electrons. The molecular weight excluding hydrogens is 363 g/mol. The average Bonchev–Trinajstić information content (AvgIpc) is 3.17. The minimum absolute atomic E-state index is 0.294. The first kappa shape index (κ1) is 17.1. The molecule has 0 spiro atoms. The summed E-state index contributed by atoms with van der Waals surface area (Å²) in [4.78, 5) is 8.62. The number of nitriles is 1. The zero-order valence-corrected chi connectivity index (χ0v) is 15.4. The molecule has 0 aliphatic heterocycles. The first-order valence-electron chi connectivity index (χ1n) is 9.21. The summed E-state index contributed by atoms with van der Waals surface area (Å²) in [5.41, 5.74) is 5.27. The number of hydrogen-bond donors (Lipinski definition) is 0. The van der Waals surface area contributed by atoms with E-state index in [2.05, 4.69) is 22.1 Å². The number of imidazole rings is 1. The van der Waals surface area contributed by atoms with Crippen molar-refractivity contribution >= 4 is 16.6 Å². The monoisotopic (exact) mass is 378 g/mol. The van der Waals surface area contributed by atoms with Crippen LogP contribution < -0.4 is 0 Å². The van der Waals surface area contributed by atoms with E-state index in [1.807, 2.05) is 36.5 Å². The number of nitrogens with zero attached hydrogens (tertiary/aromatic N) is 4. The topological polar surface area (TPSA) is 54.0 Å². The number of aromatic nitrogens is 3. The number of halogens is 1. The van der Waals surface area contributed by atoms with Crippen LogP contribution in [-0.2, 0) is 6.42 Å². The van der Waals surface area contributed by atoms with Gasteiger partial charge in [0, 0.05) is 41.7 Å². The summed E-state index contributed by atoms with van der Waals surface area (Å²) in [6.07, 6.45) is 5.98. The van der Waals surface area contributed by atoms with Crippen LogP contribution >= 0.6 is 0 Å². The van der Waals surface area contributed by atoms with Crippen LogP contribution in [0.25, 0.3) is 27.7 Å². The third kappa shape index (κ3) is 3.11. The molecule has 138 valence electrons. The van der Waals surface area contributed by atoms with Crippen LogP contribution in [0.4, 0.5) is 4.39 Å². The van der Waals surface area contributed by atoms with E-state index in [4.69, 9.17) is 5.26 Å². The molecule has 3 aromatic heterocycles. The summed E-state index contributed by atoms with van der Waals surface area (Å²) in [6, 6.07) is 20.8. The van der Waals surface area contributed by atoms with Gasteiger partial charge in [0.2, 0.25) is 0 Å². The molecule has 0 atom stereocenters. The Kier molecular flexibility index (Phi) is 4.03. The van der Waals surface area contributed by atoms with Crippen molar-refractivity contribution in [2.75, 3.05) is 0 Å². The molecule has 3 heterocycles. The van der Waals surface area contributed by atoms with Crippen molar-refractivity contribution in [2.24, 2.45) is 0 Å². The molecule has 5 rings (SSSR count). The molecule has 0 aliphatic carbocycles. The van der Waals surface area contributed by atoms with Gasteiger partial charge in [-0.15, -0.1) is 0 Å². The molecule has 0 saturated heterocycles. The molecular formula is C24H15FN4. The lowest BCUT2D eigenvalue weighted by atomic mass is 10.0. The Morgan fingerprint density at radius 2 is 1.90 bits per heavy atom. The molecule has 0 saturated carbocycles. The van der Waals surface area contributed by atoms with Gasteiger partial charge in [-0.2, -0.15) is 5.26 Å². The third-order valence-electron chi connectivity index (χ3n) is 5.02. The zero-order chi connectivity index (χ0) is 19.8. The normalized spacial score (nSPS) is 11.0. The highest BCUT2D eigenvalue weighted by Crippen LogP contribution is 2.25. The van der Waals surface area contributed by atoms with E-state index < -0.39 is 0 Å². The maximum atomic E-state index is 14.7. The summed E-state index contributed by atoms with van der Waals surface area (Å²) in [5, 5.41) is 10.2. The van der Waals surface area contributed by atoms with Gasteiger partial charge in [-0.05, 0) is 47.5 Å². The van der Waals surface area contributed by atoms with Crippen LogP contribution in [0.15, 0.2) is 79.3 Å². The van der Waals surface area contributed by atoms with Gasteiger partial charge < -0.3 is 4.40 Å². The fourth-order valence-corrected chi connectivity index (χ4v) is 3.60. The van der Waals surface area contributed by atoms with E-state index in [-0.39, 0.29) is 5.82 Å². The average molecular weight is 378 g/mol.